The average molecular weight is 506 g/mol. The van der Waals surface area contributed by atoms with Gasteiger partial charge in [-0.2, -0.15) is 0 Å². The maximum atomic E-state index is 9.87. The van der Waals surface area contributed by atoms with Crippen LogP contribution in [-0.2, 0) is 0 Å². The predicted octanol–water partition coefficient (Wildman–Crippen LogP) is 10.2. The fraction of sp³-hybridized carbons (Fsp3) is 0.0769. The standard InChI is InChI=1S/C26H20N2.F6P/c1-17-15-23(19-9-5-3-6-10-19)21-13-14-22-24(20-11-7-4-8-12-20)16-18(2)28-26(22)25(21)27-17;1-7(2,3,4,5)6/h3-16H,1-2H3;/q;-1/p+1. The van der Waals surface area contributed by atoms with E-state index in [4.69, 9.17) is 9.97 Å². The van der Waals surface area contributed by atoms with Crippen molar-refractivity contribution in [1.29, 1.82) is 0 Å². The molecule has 0 spiro atoms. The van der Waals surface area contributed by atoms with Crippen LogP contribution in [0.1, 0.15) is 12.8 Å². The summed E-state index contributed by atoms with van der Waals surface area (Å²) in [6.45, 7) is 4.11. The minimum atomic E-state index is -10.7. The van der Waals surface area contributed by atoms with E-state index >= 15 is 0 Å². The molecule has 0 saturated heterocycles. The topological polar surface area (TPSA) is 25.8 Å². The SMILES string of the molecule is Cc1cc(-c2ccccc2)c2ccc3c(-c4ccccc4)cc(C)nc3c2n1.F[P-](F)(F)(F)(F)F.[H+]. The largest absolute Gasteiger partial charge is 1.00 e. The van der Waals surface area contributed by atoms with Crippen molar-refractivity contribution in [3.05, 3.63) is 96.3 Å². The molecule has 182 valence electrons. The minimum Gasteiger partial charge on any atom is 1.00 e. The second-order valence-corrected chi connectivity index (χ2v) is 10.1. The average Bonchev–Trinajstić information content (AvgIpc) is 2.77. The Kier molecular flexibility index (Phi) is 5.64. The van der Waals surface area contributed by atoms with Gasteiger partial charge in [0.2, 0.25) is 0 Å². The van der Waals surface area contributed by atoms with Gasteiger partial charge in [0.15, 0.2) is 0 Å². The van der Waals surface area contributed by atoms with Crippen molar-refractivity contribution in [2.24, 2.45) is 0 Å². The summed E-state index contributed by atoms with van der Waals surface area (Å²) in [6.07, 6.45) is 0. The molecule has 0 bridgehead atoms. The monoisotopic (exact) mass is 506 g/mol. The van der Waals surface area contributed by atoms with E-state index in [0.717, 1.165) is 33.2 Å². The quantitative estimate of drug-likeness (QED) is 0.135. The summed E-state index contributed by atoms with van der Waals surface area (Å²) in [7, 11) is -10.7. The Balaban J connectivity index is 0.000000400. The molecule has 0 fully saturated rings. The van der Waals surface area contributed by atoms with Gasteiger partial charge in [0.1, 0.15) is 0 Å². The summed E-state index contributed by atoms with van der Waals surface area (Å²) in [5, 5.41) is 2.28. The summed E-state index contributed by atoms with van der Waals surface area (Å²) in [5.41, 5.74) is 8.76. The fourth-order valence-electron chi connectivity index (χ4n) is 3.94. The molecule has 5 rings (SSSR count). The van der Waals surface area contributed by atoms with E-state index in [1.165, 1.54) is 22.3 Å². The summed E-state index contributed by atoms with van der Waals surface area (Å²) in [6, 6.07) is 29.7. The van der Waals surface area contributed by atoms with Crippen LogP contribution in [-0.4, -0.2) is 9.97 Å². The van der Waals surface area contributed by atoms with Crippen LogP contribution >= 0.6 is 7.81 Å². The number of hydrogen-bond donors (Lipinski definition) is 0. The Hall–Kier alpha value is -3.51. The van der Waals surface area contributed by atoms with Crippen LogP contribution in [0.2, 0.25) is 0 Å². The molecule has 9 heteroatoms. The first-order chi connectivity index (χ1) is 16.2. The van der Waals surface area contributed by atoms with Crippen molar-refractivity contribution in [2.45, 2.75) is 13.8 Å². The maximum absolute atomic E-state index is 10.7. The Morgan fingerprint density at radius 2 is 0.857 bits per heavy atom. The van der Waals surface area contributed by atoms with Crippen LogP contribution < -0.4 is 0 Å². The fourth-order valence-corrected chi connectivity index (χ4v) is 3.94. The zero-order chi connectivity index (χ0) is 25.5. The molecule has 0 N–H and O–H groups in total. The van der Waals surface area contributed by atoms with Gasteiger partial charge >= 0.3 is 34.4 Å². The number of benzene rings is 3. The van der Waals surface area contributed by atoms with Crippen molar-refractivity contribution in [3.8, 4) is 22.3 Å². The summed E-state index contributed by atoms with van der Waals surface area (Å²) < 4.78 is 59.2. The first-order valence-electron chi connectivity index (χ1n) is 10.5. The predicted molar refractivity (Wildman–Crippen MR) is 132 cm³/mol. The van der Waals surface area contributed by atoms with Gasteiger partial charge in [0.05, 0.1) is 11.0 Å². The van der Waals surface area contributed by atoms with Gasteiger partial charge in [-0.1, -0.05) is 72.8 Å². The second kappa shape index (κ2) is 8.02. The third-order valence-corrected chi connectivity index (χ3v) is 5.18. The van der Waals surface area contributed by atoms with Crippen LogP contribution in [0.5, 0.6) is 0 Å². The zero-order valence-corrected chi connectivity index (χ0v) is 19.6. The Morgan fingerprint density at radius 3 is 1.17 bits per heavy atom. The molecule has 0 saturated carbocycles. The molecule has 5 aromatic rings. The maximum Gasteiger partial charge on any atom is 1.00 e. The smallest absolute Gasteiger partial charge is 1.00 e. The van der Waals surface area contributed by atoms with Gasteiger partial charge in [-0.15, -0.1) is 0 Å². The summed E-state index contributed by atoms with van der Waals surface area (Å²) in [5.74, 6) is 0. The van der Waals surface area contributed by atoms with Crippen molar-refractivity contribution in [3.63, 3.8) is 0 Å². The molecule has 0 aliphatic carbocycles. The Morgan fingerprint density at radius 1 is 0.543 bits per heavy atom. The third-order valence-electron chi connectivity index (χ3n) is 5.18. The van der Waals surface area contributed by atoms with Gasteiger partial charge in [-0.3, -0.25) is 9.97 Å². The van der Waals surface area contributed by atoms with Crippen LogP contribution in [0, 0.1) is 13.8 Å². The molecule has 0 amide bonds. The van der Waals surface area contributed by atoms with Crippen LogP contribution in [0.25, 0.3) is 44.1 Å². The van der Waals surface area contributed by atoms with Crippen molar-refractivity contribution in [2.75, 3.05) is 0 Å². The number of halogens is 6. The number of aromatic nitrogens is 2. The van der Waals surface area contributed by atoms with E-state index in [2.05, 4.69) is 86.6 Å². The molecule has 3 aromatic carbocycles. The zero-order valence-electron chi connectivity index (χ0n) is 19.7. The van der Waals surface area contributed by atoms with Crippen LogP contribution in [0.4, 0.5) is 25.2 Å². The molecule has 0 radical (unpaired) electrons. The number of rotatable bonds is 2. The van der Waals surface area contributed by atoms with Gasteiger partial charge < -0.3 is 0 Å². The molecule has 0 aliphatic heterocycles. The van der Waals surface area contributed by atoms with E-state index in [1.54, 1.807) is 0 Å². The van der Waals surface area contributed by atoms with Crippen LogP contribution in [0.3, 0.4) is 0 Å². The second-order valence-electron chi connectivity index (χ2n) is 8.17. The molecule has 0 atom stereocenters. The Labute approximate surface area is 199 Å². The van der Waals surface area contributed by atoms with Gasteiger partial charge in [0, 0.05) is 22.2 Å². The van der Waals surface area contributed by atoms with Gasteiger partial charge in [-0.25, -0.2) is 0 Å². The van der Waals surface area contributed by atoms with Gasteiger partial charge in [-0.05, 0) is 48.2 Å². The van der Waals surface area contributed by atoms with E-state index in [9.17, 15) is 25.2 Å². The number of pyridine rings is 2. The van der Waals surface area contributed by atoms with E-state index < -0.39 is 7.81 Å². The number of hydrogen-bond acceptors (Lipinski definition) is 2. The van der Waals surface area contributed by atoms with Crippen molar-refractivity contribution < 1.29 is 26.6 Å². The van der Waals surface area contributed by atoms with E-state index in [-0.39, 0.29) is 1.43 Å². The minimum absolute atomic E-state index is 0. The molecule has 2 nitrogen and oxygen atoms in total. The molecule has 0 unspecified atom stereocenters. The van der Waals surface area contributed by atoms with E-state index in [1.807, 2.05) is 12.1 Å². The number of aryl methyl sites for hydroxylation is 2. The summed E-state index contributed by atoms with van der Waals surface area (Å²) in [4.78, 5) is 9.81. The van der Waals surface area contributed by atoms with Crippen LogP contribution in [0.15, 0.2) is 84.9 Å². The molecule has 2 heterocycles. The number of fused-ring (bicyclic) bond motifs is 3. The van der Waals surface area contributed by atoms with E-state index in [0.29, 0.717) is 0 Å². The molecular formula is C26H21F6N2P. The van der Waals surface area contributed by atoms with Gasteiger partial charge in [0.25, 0.3) is 0 Å². The molecule has 0 aliphatic rings. The first-order valence-corrected chi connectivity index (χ1v) is 12.6. The first kappa shape index (κ1) is 24.6. The van der Waals surface area contributed by atoms with Crippen molar-refractivity contribution >= 4 is 29.6 Å². The Bertz CT molecular complexity index is 1430. The molecule has 2 aromatic heterocycles. The summed E-state index contributed by atoms with van der Waals surface area (Å²) >= 11 is 0. The normalized spacial score (nSPS) is 13.6. The molecule has 35 heavy (non-hydrogen) atoms. The molecular weight excluding hydrogens is 485 g/mol. The van der Waals surface area contributed by atoms with Crippen molar-refractivity contribution in [1.82, 2.24) is 9.97 Å². The number of nitrogens with zero attached hydrogens (tertiary/aromatic N) is 2. The third kappa shape index (κ3) is 6.55.